The zero-order valence-corrected chi connectivity index (χ0v) is 13.5. The summed E-state index contributed by atoms with van der Waals surface area (Å²) in [4.78, 5) is 2.35. The highest BCUT2D eigenvalue weighted by Gasteiger charge is 2.23. The van der Waals surface area contributed by atoms with Crippen molar-refractivity contribution in [1.29, 1.82) is 0 Å². The minimum Gasteiger partial charge on any atom is -0.489 e. The van der Waals surface area contributed by atoms with Crippen LogP contribution in [0.4, 0.5) is 0 Å². The molecule has 2 aliphatic rings. The Morgan fingerprint density at radius 1 is 1.24 bits per heavy atom. The Morgan fingerprint density at radius 3 is 2.81 bits per heavy atom. The largest absolute Gasteiger partial charge is 0.489 e. The molecule has 2 fully saturated rings. The van der Waals surface area contributed by atoms with Crippen LogP contribution in [0.5, 0.6) is 5.75 Å². The Balaban J connectivity index is 1.77. The second kappa shape index (κ2) is 6.99. The molecule has 0 unspecified atom stereocenters. The highest BCUT2D eigenvalue weighted by Crippen LogP contribution is 2.35. The molecule has 1 atom stereocenters. The molecule has 21 heavy (non-hydrogen) atoms. The van der Waals surface area contributed by atoms with E-state index >= 15 is 0 Å². The summed E-state index contributed by atoms with van der Waals surface area (Å²) < 4.78 is 6.34. The lowest BCUT2D eigenvalue weighted by atomic mass is 9.89. The fourth-order valence-electron chi connectivity index (χ4n) is 3.48. The van der Waals surface area contributed by atoms with Crippen LogP contribution >= 0.6 is 11.6 Å². The maximum Gasteiger partial charge on any atom is 0.124 e. The molecule has 0 radical (unpaired) electrons. The summed E-state index contributed by atoms with van der Waals surface area (Å²) >= 11 is 6.20. The quantitative estimate of drug-likeness (QED) is 0.927. The monoisotopic (exact) mass is 308 g/mol. The number of benzene rings is 1. The fourth-order valence-corrected chi connectivity index (χ4v) is 3.64. The lowest BCUT2D eigenvalue weighted by Gasteiger charge is -2.32. The molecule has 0 spiro atoms. The van der Waals surface area contributed by atoms with Crippen LogP contribution in [0, 0.1) is 0 Å². The van der Waals surface area contributed by atoms with Gasteiger partial charge in [-0.15, -0.1) is 0 Å². The highest BCUT2D eigenvalue weighted by atomic mass is 35.5. The Morgan fingerprint density at radius 2 is 2.05 bits per heavy atom. The summed E-state index contributed by atoms with van der Waals surface area (Å²) in [5.41, 5.74) is 1.34. The lowest BCUT2D eigenvalue weighted by molar-refractivity contribution is 0.103. The van der Waals surface area contributed by atoms with Gasteiger partial charge < -0.3 is 15.0 Å². The van der Waals surface area contributed by atoms with Crippen molar-refractivity contribution in [3.05, 3.63) is 28.8 Å². The molecule has 0 aliphatic carbocycles. The summed E-state index contributed by atoms with van der Waals surface area (Å²) in [6, 6.07) is 6.17. The minimum absolute atomic E-state index is 0.294. The zero-order valence-electron chi connectivity index (χ0n) is 12.8. The van der Waals surface area contributed by atoms with Crippen LogP contribution in [0.2, 0.25) is 5.02 Å². The maximum atomic E-state index is 6.34. The van der Waals surface area contributed by atoms with E-state index in [9.17, 15) is 0 Å². The van der Waals surface area contributed by atoms with E-state index in [1.807, 2.05) is 12.1 Å². The van der Waals surface area contributed by atoms with Crippen LogP contribution in [0.15, 0.2) is 18.2 Å². The fraction of sp³-hybridized carbons (Fsp3) is 0.647. The van der Waals surface area contributed by atoms with E-state index in [1.54, 1.807) is 0 Å². The Bertz CT molecular complexity index is 474. The molecule has 0 aromatic heterocycles. The number of hydrogen-bond donors (Lipinski definition) is 1. The lowest BCUT2D eigenvalue weighted by Crippen LogP contribution is -2.38. The van der Waals surface area contributed by atoms with E-state index in [0.29, 0.717) is 12.0 Å². The van der Waals surface area contributed by atoms with Crippen molar-refractivity contribution in [3.63, 3.8) is 0 Å². The molecule has 0 saturated carbocycles. The average Bonchev–Trinajstić information content (AvgIpc) is 2.48. The van der Waals surface area contributed by atoms with Crippen LogP contribution in [0.1, 0.15) is 37.2 Å². The molecule has 1 N–H and O–H groups in total. The molecule has 116 valence electrons. The van der Waals surface area contributed by atoms with Crippen molar-refractivity contribution < 1.29 is 4.74 Å². The van der Waals surface area contributed by atoms with E-state index in [2.05, 4.69) is 23.3 Å². The van der Waals surface area contributed by atoms with Crippen molar-refractivity contribution in [2.75, 3.05) is 33.2 Å². The number of rotatable bonds is 3. The second-order valence-electron chi connectivity index (χ2n) is 6.35. The Labute approximate surface area is 132 Å². The van der Waals surface area contributed by atoms with Gasteiger partial charge in [0.25, 0.3) is 0 Å². The highest BCUT2D eigenvalue weighted by molar-refractivity contribution is 6.30. The van der Waals surface area contributed by atoms with Crippen LogP contribution in [-0.2, 0) is 0 Å². The molecule has 2 heterocycles. The number of likely N-dealkylation sites (tertiary alicyclic amines) is 1. The zero-order chi connectivity index (χ0) is 14.7. The van der Waals surface area contributed by atoms with Crippen LogP contribution in [0.25, 0.3) is 0 Å². The molecular weight excluding hydrogens is 284 g/mol. The summed E-state index contributed by atoms with van der Waals surface area (Å²) in [5, 5.41) is 4.20. The summed E-state index contributed by atoms with van der Waals surface area (Å²) in [6.45, 7) is 4.38. The van der Waals surface area contributed by atoms with E-state index in [1.165, 1.54) is 31.4 Å². The average molecular weight is 309 g/mol. The van der Waals surface area contributed by atoms with E-state index in [4.69, 9.17) is 16.3 Å². The number of nitrogens with zero attached hydrogens (tertiary/aromatic N) is 1. The van der Waals surface area contributed by atoms with Gasteiger partial charge in [0.15, 0.2) is 0 Å². The second-order valence-corrected chi connectivity index (χ2v) is 6.79. The predicted molar refractivity (Wildman–Crippen MR) is 87.4 cm³/mol. The van der Waals surface area contributed by atoms with Crippen LogP contribution < -0.4 is 10.1 Å². The molecule has 1 aromatic rings. The third-order valence-electron chi connectivity index (χ3n) is 4.63. The molecule has 2 saturated heterocycles. The van der Waals surface area contributed by atoms with E-state index in [-0.39, 0.29) is 0 Å². The topological polar surface area (TPSA) is 24.5 Å². The predicted octanol–water partition coefficient (Wildman–Crippen LogP) is 3.28. The van der Waals surface area contributed by atoms with Crippen molar-refractivity contribution in [3.8, 4) is 5.75 Å². The Kier molecular flexibility index (Phi) is 5.04. The number of piperidine rings is 2. The van der Waals surface area contributed by atoms with Crippen molar-refractivity contribution >= 4 is 11.6 Å². The third-order valence-corrected chi connectivity index (χ3v) is 4.86. The van der Waals surface area contributed by atoms with Gasteiger partial charge >= 0.3 is 0 Å². The van der Waals surface area contributed by atoms with Gasteiger partial charge in [-0.2, -0.15) is 0 Å². The van der Waals surface area contributed by atoms with Gasteiger partial charge in [0.1, 0.15) is 11.9 Å². The first-order valence-electron chi connectivity index (χ1n) is 8.08. The minimum atomic E-state index is 0.294. The van der Waals surface area contributed by atoms with Gasteiger partial charge in [-0.05, 0) is 76.0 Å². The van der Waals surface area contributed by atoms with Crippen molar-refractivity contribution in [1.82, 2.24) is 10.2 Å². The van der Waals surface area contributed by atoms with Gasteiger partial charge in [0, 0.05) is 11.6 Å². The van der Waals surface area contributed by atoms with Gasteiger partial charge in [-0.25, -0.2) is 0 Å². The first-order chi connectivity index (χ1) is 10.2. The van der Waals surface area contributed by atoms with Gasteiger partial charge in [0.2, 0.25) is 0 Å². The number of likely N-dealkylation sites (N-methyl/N-ethyl adjacent to an activating group) is 1. The number of halogens is 1. The summed E-state index contributed by atoms with van der Waals surface area (Å²) in [5.74, 6) is 1.61. The number of hydrogen-bond acceptors (Lipinski definition) is 3. The third kappa shape index (κ3) is 3.91. The SMILES string of the molecule is CN1CCC[C@H](Oc2cc(Cl)ccc2C2CCNCC2)C1. The molecule has 3 rings (SSSR count). The van der Waals surface area contributed by atoms with Crippen molar-refractivity contribution in [2.45, 2.75) is 37.7 Å². The molecule has 0 amide bonds. The van der Waals surface area contributed by atoms with E-state index < -0.39 is 0 Å². The summed E-state index contributed by atoms with van der Waals surface area (Å²) in [7, 11) is 2.17. The van der Waals surface area contributed by atoms with E-state index in [0.717, 1.165) is 36.8 Å². The normalized spacial score (nSPS) is 25.0. The van der Waals surface area contributed by atoms with Gasteiger partial charge in [0.05, 0.1) is 0 Å². The van der Waals surface area contributed by atoms with Crippen LogP contribution in [-0.4, -0.2) is 44.2 Å². The van der Waals surface area contributed by atoms with Crippen molar-refractivity contribution in [2.24, 2.45) is 0 Å². The Hall–Kier alpha value is -0.770. The van der Waals surface area contributed by atoms with Gasteiger partial charge in [-0.1, -0.05) is 17.7 Å². The number of ether oxygens (including phenoxy) is 1. The molecule has 0 bridgehead atoms. The first-order valence-corrected chi connectivity index (χ1v) is 8.45. The molecule has 4 heteroatoms. The van der Waals surface area contributed by atoms with Gasteiger partial charge in [-0.3, -0.25) is 0 Å². The molecule has 2 aliphatic heterocycles. The molecule has 1 aromatic carbocycles. The molecular formula is C17H25ClN2O. The standard InChI is InChI=1S/C17H25ClN2O/c1-20-10-2-3-15(12-20)21-17-11-14(18)4-5-16(17)13-6-8-19-9-7-13/h4-5,11,13,15,19H,2-3,6-10,12H2,1H3/t15-/m0/s1. The smallest absolute Gasteiger partial charge is 0.124 e. The number of nitrogens with one attached hydrogen (secondary N) is 1. The first kappa shape index (κ1) is 15.1. The maximum absolute atomic E-state index is 6.34. The molecule has 3 nitrogen and oxygen atoms in total. The summed E-state index contributed by atoms with van der Waals surface area (Å²) in [6.07, 6.45) is 5.01. The van der Waals surface area contributed by atoms with Crippen LogP contribution in [0.3, 0.4) is 0 Å².